The standard InChI is InChI=1S/C13H16N2O5S/c16-12-11(2-1-7-14-12)15-21(19,20)8-9-3-5-10(6-4-9)13(17)18/h3-6,11,15H,1-2,7-8H2,(H,14,16)(H,17,18). The van der Waals surface area contributed by atoms with E-state index in [9.17, 15) is 18.0 Å². The summed E-state index contributed by atoms with van der Waals surface area (Å²) in [4.78, 5) is 22.3. The van der Waals surface area contributed by atoms with E-state index in [2.05, 4.69) is 10.0 Å². The second-order valence-corrected chi connectivity index (χ2v) is 6.62. The Morgan fingerprint density at radius 3 is 2.57 bits per heavy atom. The number of carboxylic acid groups (broad SMARTS) is 1. The van der Waals surface area contributed by atoms with Crippen LogP contribution in [0.3, 0.4) is 0 Å². The molecule has 1 amide bonds. The van der Waals surface area contributed by atoms with E-state index in [4.69, 9.17) is 5.11 Å². The summed E-state index contributed by atoms with van der Waals surface area (Å²) in [7, 11) is -3.66. The number of sulfonamides is 1. The predicted octanol–water partition coefficient (Wildman–Crippen LogP) is 0.0828. The maximum Gasteiger partial charge on any atom is 0.335 e. The highest BCUT2D eigenvalue weighted by molar-refractivity contribution is 7.88. The summed E-state index contributed by atoms with van der Waals surface area (Å²) >= 11 is 0. The van der Waals surface area contributed by atoms with Crippen LogP contribution in [-0.2, 0) is 20.6 Å². The minimum Gasteiger partial charge on any atom is -0.478 e. The molecule has 1 heterocycles. The second kappa shape index (κ2) is 6.23. The van der Waals surface area contributed by atoms with Gasteiger partial charge in [-0.15, -0.1) is 0 Å². The summed E-state index contributed by atoms with van der Waals surface area (Å²) in [6.07, 6.45) is 1.20. The molecule has 0 aromatic heterocycles. The minimum atomic E-state index is -3.66. The Kier molecular flexibility index (Phi) is 4.59. The lowest BCUT2D eigenvalue weighted by Crippen LogP contribution is -2.50. The lowest BCUT2D eigenvalue weighted by molar-refractivity contribution is -0.124. The summed E-state index contributed by atoms with van der Waals surface area (Å²) in [5.41, 5.74) is 0.555. The van der Waals surface area contributed by atoms with Gasteiger partial charge in [0.2, 0.25) is 15.9 Å². The van der Waals surface area contributed by atoms with Crippen LogP contribution in [0.1, 0.15) is 28.8 Å². The predicted molar refractivity (Wildman–Crippen MR) is 75.2 cm³/mol. The number of benzene rings is 1. The molecule has 114 valence electrons. The van der Waals surface area contributed by atoms with Gasteiger partial charge in [0.05, 0.1) is 11.3 Å². The zero-order chi connectivity index (χ0) is 15.5. The Morgan fingerprint density at radius 1 is 1.33 bits per heavy atom. The van der Waals surface area contributed by atoms with Crippen LogP contribution in [0.5, 0.6) is 0 Å². The van der Waals surface area contributed by atoms with Crippen molar-refractivity contribution in [2.75, 3.05) is 6.54 Å². The Hall–Kier alpha value is -1.93. The number of carbonyl (C=O) groups is 2. The molecule has 1 unspecified atom stereocenters. The SMILES string of the molecule is O=C(O)c1ccc(CS(=O)(=O)NC2CCCNC2=O)cc1. The molecule has 7 nitrogen and oxygen atoms in total. The van der Waals surface area contributed by atoms with Gasteiger partial charge in [-0.1, -0.05) is 12.1 Å². The van der Waals surface area contributed by atoms with Crippen molar-refractivity contribution in [1.29, 1.82) is 0 Å². The first-order chi connectivity index (χ1) is 9.87. The van der Waals surface area contributed by atoms with E-state index in [0.717, 1.165) is 6.42 Å². The monoisotopic (exact) mass is 312 g/mol. The minimum absolute atomic E-state index is 0.0933. The van der Waals surface area contributed by atoms with Gasteiger partial charge in [0.1, 0.15) is 6.04 Å². The highest BCUT2D eigenvalue weighted by Crippen LogP contribution is 2.10. The molecule has 1 saturated heterocycles. The van der Waals surface area contributed by atoms with Gasteiger partial charge < -0.3 is 10.4 Å². The van der Waals surface area contributed by atoms with Crippen molar-refractivity contribution in [3.8, 4) is 0 Å². The third-order valence-electron chi connectivity index (χ3n) is 3.16. The fourth-order valence-electron chi connectivity index (χ4n) is 2.11. The molecule has 0 saturated carbocycles. The van der Waals surface area contributed by atoms with E-state index < -0.39 is 22.0 Å². The van der Waals surface area contributed by atoms with Gasteiger partial charge in [0, 0.05) is 6.54 Å². The van der Waals surface area contributed by atoms with Crippen LogP contribution in [0.15, 0.2) is 24.3 Å². The van der Waals surface area contributed by atoms with Crippen molar-refractivity contribution < 1.29 is 23.1 Å². The van der Waals surface area contributed by atoms with E-state index in [-0.39, 0.29) is 17.2 Å². The molecule has 1 atom stereocenters. The molecule has 2 rings (SSSR count). The molecular weight excluding hydrogens is 296 g/mol. The van der Waals surface area contributed by atoms with Gasteiger partial charge in [0.25, 0.3) is 0 Å². The van der Waals surface area contributed by atoms with Crippen LogP contribution >= 0.6 is 0 Å². The smallest absolute Gasteiger partial charge is 0.335 e. The normalized spacial score (nSPS) is 19.0. The fourth-order valence-corrected chi connectivity index (χ4v) is 3.48. The Labute approximate surface area is 122 Å². The number of rotatable bonds is 5. The van der Waals surface area contributed by atoms with Crippen molar-refractivity contribution in [3.63, 3.8) is 0 Å². The van der Waals surface area contributed by atoms with Gasteiger partial charge in [0.15, 0.2) is 0 Å². The maximum atomic E-state index is 12.0. The third-order valence-corrected chi connectivity index (χ3v) is 4.52. The second-order valence-electron chi connectivity index (χ2n) is 4.86. The molecule has 21 heavy (non-hydrogen) atoms. The summed E-state index contributed by atoms with van der Waals surface area (Å²) in [5.74, 6) is -1.68. The number of hydrogen-bond donors (Lipinski definition) is 3. The van der Waals surface area contributed by atoms with E-state index in [1.165, 1.54) is 24.3 Å². The molecule has 0 aliphatic carbocycles. The van der Waals surface area contributed by atoms with Gasteiger partial charge in [-0.3, -0.25) is 4.79 Å². The summed E-state index contributed by atoms with van der Waals surface area (Å²) < 4.78 is 26.4. The van der Waals surface area contributed by atoms with Crippen molar-refractivity contribution in [2.45, 2.75) is 24.6 Å². The Morgan fingerprint density at radius 2 is 2.00 bits per heavy atom. The zero-order valence-corrected chi connectivity index (χ0v) is 12.0. The van der Waals surface area contributed by atoms with E-state index in [1.807, 2.05) is 0 Å². The summed E-state index contributed by atoms with van der Waals surface area (Å²) in [5, 5.41) is 11.4. The van der Waals surface area contributed by atoms with Crippen molar-refractivity contribution in [1.82, 2.24) is 10.0 Å². The lowest BCUT2D eigenvalue weighted by Gasteiger charge is -2.22. The number of nitrogens with one attached hydrogen (secondary N) is 2. The average Bonchev–Trinajstić information content (AvgIpc) is 2.41. The van der Waals surface area contributed by atoms with Gasteiger partial charge in [-0.05, 0) is 30.5 Å². The van der Waals surface area contributed by atoms with Crippen molar-refractivity contribution >= 4 is 21.9 Å². The summed E-state index contributed by atoms with van der Waals surface area (Å²) in [6, 6.07) is 4.86. The molecule has 0 radical (unpaired) electrons. The van der Waals surface area contributed by atoms with Crippen LogP contribution in [0.2, 0.25) is 0 Å². The topological polar surface area (TPSA) is 113 Å². The Balaban J connectivity index is 2.03. The molecule has 0 spiro atoms. The number of carbonyl (C=O) groups excluding carboxylic acids is 1. The molecule has 1 aliphatic heterocycles. The maximum absolute atomic E-state index is 12.0. The van der Waals surface area contributed by atoms with Crippen LogP contribution in [0, 0.1) is 0 Å². The molecule has 8 heteroatoms. The highest BCUT2D eigenvalue weighted by Gasteiger charge is 2.26. The summed E-state index contributed by atoms with van der Waals surface area (Å²) in [6.45, 7) is 0.563. The quantitative estimate of drug-likeness (QED) is 0.713. The molecule has 0 bridgehead atoms. The first-order valence-electron chi connectivity index (χ1n) is 6.47. The first-order valence-corrected chi connectivity index (χ1v) is 8.12. The first kappa shape index (κ1) is 15.5. The molecule has 1 aliphatic rings. The van der Waals surface area contributed by atoms with Gasteiger partial charge in [-0.2, -0.15) is 0 Å². The average molecular weight is 312 g/mol. The zero-order valence-electron chi connectivity index (χ0n) is 11.2. The van der Waals surface area contributed by atoms with Crippen LogP contribution < -0.4 is 10.0 Å². The number of carboxylic acids is 1. The van der Waals surface area contributed by atoms with Crippen LogP contribution in [0.25, 0.3) is 0 Å². The van der Waals surface area contributed by atoms with Crippen molar-refractivity contribution in [3.05, 3.63) is 35.4 Å². The Bertz CT molecular complexity index is 639. The van der Waals surface area contributed by atoms with E-state index >= 15 is 0 Å². The molecular formula is C13H16N2O5S. The number of piperidine rings is 1. The number of hydrogen-bond acceptors (Lipinski definition) is 4. The van der Waals surface area contributed by atoms with Crippen molar-refractivity contribution in [2.24, 2.45) is 0 Å². The lowest BCUT2D eigenvalue weighted by atomic mass is 10.1. The van der Waals surface area contributed by atoms with E-state index in [0.29, 0.717) is 18.5 Å². The fraction of sp³-hybridized carbons (Fsp3) is 0.385. The molecule has 1 fully saturated rings. The number of aromatic carboxylic acids is 1. The molecule has 3 N–H and O–H groups in total. The largest absolute Gasteiger partial charge is 0.478 e. The van der Waals surface area contributed by atoms with E-state index in [1.54, 1.807) is 0 Å². The number of amides is 1. The molecule has 1 aromatic rings. The van der Waals surface area contributed by atoms with Crippen LogP contribution in [-0.4, -0.2) is 38.0 Å². The third kappa shape index (κ3) is 4.27. The van der Waals surface area contributed by atoms with Gasteiger partial charge >= 0.3 is 5.97 Å². The highest BCUT2D eigenvalue weighted by atomic mass is 32.2. The van der Waals surface area contributed by atoms with Crippen LogP contribution in [0.4, 0.5) is 0 Å². The molecule has 1 aromatic carbocycles. The van der Waals surface area contributed by atoms with Gasteiger partial charge in [-0.25, -0.2) is 17.9 Å².